The van der Waals surface area contributed by atoms with Crippen LogP contribution >= 0.6 is 15.9 Å². The molecule has 80 valence electrons. The number of aromatic nitrogens is 2. The molecule has 1 aromatic heterocycles. The Morgan fingerprint density at radius 1 is 1.40 bits per heavy atom. The molecule has 0 bridgehead atoms. The largest absolute Gasteiger partial charge is 0.388 e. The lowest BCUT2D eigenvalue weighted by atomic mass is 10.1. The number of benzene rings is 1. The van der Waals surface area contributed by atoms with E-state index in [0.29, 0.717) is 11.9 Å². The van der Waals surface area contributed by atoms with Crippen LogP contribution < -0.4 is 5.69 Å². The number of H-pyrrole nitrogens is 2. The second-order valence-electron chi connectivity index (χ2n) is 3.42. The van der Waals surface area contributed by atoms with Crippen molar-refractivity contribution in [1.29, 1.82) is 0 Å². The number of nitrogens with one attached hydrogen (secondary N) is 2. The van der Waals surface area contributed by atoms with Crippen LogP contribution in [0.25, 0.3) is 11.0 Å². The Kier molecular flexibility index (Phi) is 2.67. The number of rotatable bonds is 2. The number of fused-ring (bicyclic) bond motifs is 1. The lowest BCUT2D eigenvalue weighted by Crippen LogP contribution is -1.99. The van der Waals surface area contributed by atoms with Crippen molar-refractivity contribution < 1.29 is 5.11 Å². The second kappa shape index (κ2) is 3.83. The van der Waals surface area contributed by atoms with E-state index in [4.69, 9.17) is 0 Å². The summed E-state index contributed by atoms with van der Waals surface area (Å²) < 4.78 is 0.805. The predicted octanol–water partition coefficient (Wildman–Crippen LogP) is 2.06. The summed E-state index contributed by atoms with van der Waals surface area (Å²) in [5, 5.41) is 9.74. The van der Waals surface area contributed by atoms with Crippen molar-refractivity contribution in [1.82, 2.24) is 9.97 Å². The predicted molar refractivity (Wildman–Crippen MR) is 61.9 cm³/mol. The van der Waals surface area contributed by atoms with Crippen LogP contribution in [0.5, 0.6) is 0 Å². The van der Waals surface area contributed by atoms with Gasteiger partial charge >= 0.3 is 5.69 Å². The van der Waals surface area contributed by atoms with Gasteiger partial charge in [0.05, 0.1) is 17.1 Å². The van der Waals surface area contributed by atoms with Crippen molar-refractivity contribution in [3.63, 3.8) is 0 Å². The van der Waals surface area contributed by atoms with E-state index >= 15 is 0 Å². The molecular weight excluding hydrogens is 260 g/mol. The Morgan fingerprint density at radius 2 is 2.00 bits per heavy atom. The zero-order valence-corrected chi connectivity index (χ0v) is 9.76. The SMILES string of the molecule is CC[C@@H](O)c1cc2[nH]c(=O)[nH]c2cc1Br. The van der Waals surface area contributed by atoms with E-state index in [2.05, 4.69) is 25.9 Å². The van der Waals surface area contributed by atoms with Crippen molar-refractivity contribution in [2.75, 3.05) is 0 Å². The normalized spacial score (nSPS) is 13.3. The highest BCUT2D eigenvalue weighted by atomic mass is 79.9. The summed E-state index contributed by atoms with van der Waals surface area (Å²) in [6, 6.07) is 3.58. The molecule has 0 unspecified atom stereocenters. The van der Waals surface area contributed by atoms with Gasteiger partial charge in [0.15, 0.2) is 0 Å². The van der Waals surface area contributed by atoms with Gasteiger partial charge in [-0.05, 0) is 24.1 Å². The number of aliphatic hydroxyl groups is 1. The Bertz CT molecular complexity index is 544. The maximum Gasteiger partial charge on any atom is 0.323 e. The van der Waals surface area contributed by atoms with E-state index in [-0.39, 0.29) is 5.69 Å². The van der Waals surface area contributed by atoms with Crippen LogP contribution in [0.4, 0.5) is 0 Å². The molecule has 0 saturated carbocycles. The lowest BCUT2D eigenvalue weighted by Gasteiger charge is -2.10. The summed E-state index contributed by atoms with van der Waals surface area (Å²) in [5.74, 6) is 0. The molecule has 1 heterocycles. The zero-order chi connectivity index (χ0) is 11.0. The fourth-order valence-electron chi connectivity index (χ4n) is 1.55. The van der Waals surface area contributed by atoms with Crippen molar-refractivity contribution in [2.24, 2.45) is 0 Å². The van der Waals surface area contributed by atoms with Gasteiger partial charge in [-0.15, -0.1) is 0 Å². The lowest BCUT2D eigenvalue weighted by molar-refractivity contribution is 0.173. The van der Waals surface area contributed by atoms with E-state index in [1.807, 2.05) is 6.92 Å². The quantitative estimate of drug-likeness (QED) is 0.782. The molecule has 2 rings (SSSR count). The Hall–Kier alpha value is -1.07. The standard InChI is InChI=1S/C10H11BrN2O2/c1-2-9(14)5-3-7-8(4-6(5)11)13-10(15)12-7/h3-4,9,14H,2H2,1H3,(H2,12,13,15)/t9-/m1/s1. The average Bonchev–Trinajstić information content (AvgIpc) is 2.55. The summed E-state index contributed by atoms with van der Waals surface area (Å²) >= 11 is 3.37. The minimum atomic E-state index is -0.512. The Morgan fingerprint density at radius 3 is 2.60 bits per heavy atom. The van der Waals surface area contributed by atoms with Gasteiger partial charge in [-0.1, -0.05) is 22.9 Å². The second-order valence-corrected chi connectivity index (χ2v) is 4.28. The molecule has 15 heavy (non-hydrogen) atoms. The summed E-state index contributed by atoms with van der Waals surface area (Å²) in [7, 11) is 0. The van der Waals surface area contributed by atoms with E-state index in [9.17, 15) is 9.90 Å². The highest BCUT2D eigenvalue weighted by molar-refractivity contribution is 9.10. The third kappa shape index (κ3) is 1.85. The molecule has 2 aromatic rings. The number of halogens is 1. The highest BCUT2D eigenvalue weighted by Gasteiger charge is 2.11. The molecule has 5 heteroatoms. The summed E-state index contributed by atoms with van der Waals surface area (Å²) in [6.45, 7) is 1.90. The van der Waals surface area contributed by atoms with Gasteiger partial charge in [0.1, 0.15) is 0 Å². The zero-order valence-electron chi connectivity index (χ0n) is 8.17. The first-order chi connectivity index (χ1) is 7.11. The molecule has 4 nitrogen and oxygen atoms in total. The van der Waals surface area contributed by atoms with Crippen LogP contribution in [0.1, 0.15) is 25.0 Å². The van der Waals surface area contributed by atoms with Crippen molar-refractivity contribution in [2.45, 2.75) is 19.4 Å². The van der Waals surface area contributed by atoms with Crippen molar-refractivity contribution in [3.05, 3.63) is 32.7 Å². The minimum Gasteiger partial charge on any atom is -0.388 e. The van der Waals surface area contributed by atoms with E-state index in [1.54, 1.807) is 12.1 Å². The summed E-state index contributed by atoms with van der Waals surface area (Å²) in [4.78, 5) is 16.4. The topological polar surface area (TPSA) is 68.9 Å². The van der Waals surface area contributed by atoms with E-state index in [0.717, 1.165) is 15.6 Å². The van der Waals surface area contributed by atoms with Crippen LogP contribution in [0, 0.1) is 0 Å². The first-order valence-electron chi connectivity index (χ1n) is 4.71. The number of hydrogen-bond donors (Lipinski definition) is 3. The van der Waals surface area contributed by atoms with Gasteiger partial charge < -0.3 is 15.1 Å². The first kappa shape index (κ1) is 10.4. The van der Waals surface area contributed by atoms with E-state index < -0.39 is 6.10 Å². The minimum absolute atomic E-state index is 0.236. The smallest absolute Gasteiger partial charge is 0.323 e. The molecule has 0 radical (unpaired) electrons. The van der Waals surface area contributed by atoms with Crippen LogP contribution in [0.15, 0.2) is 21.4 Å². The summed E-state index contributed by atoms with van der Waals surface area (Å²) in [6.07, 6.45) is 0.126. The fourth-order valence-corrected chi connectivity index (χ4v) is 2.16. The van der Waals surface area contributed by atoms with Gasteiger partial charge in [0.2, 0.25) is 0 Å². The van der Waals surface area contributed by atoms with Crippen LogP contribution in [0.2, 0.25) is 0 Å². The maximum absolute atomic E-state index is 11.1. The van der Waals surface area contributed by atoms with Gasteiger partial charge in [0, 0.05) is 4.47 Å². The van der Waals surface area contributed by atoms with Crippen LogP contribution in [-0.2, 0) is 0 Å². The van der Waals surface area contributed by atoms with E-state index in [1.165, 1.54) is 0 Å². The molecule has 0 aliphatic rings. The number of aromatic amines is 2. The fraction of sp³-hybridized carbons (Fsp3) is 0.300. The van der Waals surface area contributed by atoms with Crippen molar-refractivity contribution in [3.8, 4) is 0 Å². The highest BCUT2D eigenvalue weighted by Crippen LogP contribution is 2.28. The molecule has 0 spiro atoms. The van der Waals surface area contributed by atoms with Gasteiger partial charge in [-0.3, -0.25) is 0 Å². The molecule has 0 amide bonds. The Labute approximate surface area is 94.5 Å². The molecule has 3 N–H and O–H groups in total. The molecule has 0 saturated heterocycles. The van der Waals surface area contributed by atoms with Crippen LogP contribution in [0.3, 0.4) is 0 Å². The molecule has 0 aliphatic carbocycles. The molecule has 0 fully saturated rings. The Balaban J connectivity index is 2.66. The molecule has 0 aliphatic heterocycles. The average molecular weight is 271 g/mol. The summed E-state index contributed by atoms with van der Waals surface area (Å²) in [5.41, 5.74) is 2.00. The molecule has 1 aromatic carbocycles. The number of hydrogen-bond acceptors (Lipinski definition) is 2. The maximum atomic E-state index is 11.1. The molecular formula is C10H11BrN2O2. The van der Waals surface area contributed by atoms with Gasteiger partial charge in [0.25, 0.3) is 0 Å². The molecule has 1 atom stereocenters. The number of aliphatic hydroxyl groups excluding tert-OH is 1. The third-order valence-corrected chi connectivity index (χ3v) is 3.07. The van der Waals surface area contributed by atoms with Crippen LogP contribution in [-0.4, -0.2) is 15.1 Å². The van der Waals surface area contributed by atoms with Gasteiger partial charge in [-0.25, -0.2) is 4.79 Å². The van der Waals surface area contributed by atoms with Gasteiger partial charge in [-0.2, -0.15) is 0 Å². The first-order valence-corrected chi connectivity index (χ1v) is 5.50. The van der Waals surface area contributed by atoms with Crippen molar-refractivity contribution >= 4 is 27.0 Å². The number of imidazole rings is 1. The monoisotopic (exact) mass is 270 g/mol. The third-order valence-electron chi connectivity index (χ3n) is 2.38.